The summed E-state index contributed by atoms with van der Waals surface area (Å²) < 4.78 is 49.6. The number of methoxy groups -OCH3 is 1. The van der Waals surface area contributed by atoms with Crippen LogP contribution in [-0.4, -0.2) is 32.7 Å². The van der Waals surface area contributed by atoms with Crippen molar-refractivity contribution in [1.82, 2.24) is 9.71 Å². The lowest BCUT2D eigenvalue weighted by molar-refractivity contribution is 0.0981. The van der Waals surface area contributed by atoms with Gasteiger partial charge in [-0.1, -0.05) is 11.6 Å². The minimum absolute atomic E-state index is 0.0516. The van der Waals surface area contributed by atoms with Gasteiger partial charge in [-0.25, -0.2) is 22.5 Å². The molecule has 7 nitrogen and oxygen atoms in total. The number of ether oxygens (including phenoxy) is 2. The second-order valence-electron chi connectivity index (χ2n) is 6.15. The van der Waals surface area contributed by atoms with Gasteiger partial charge in [0.2, 0.25) is 15.9 Å². The van der Waals surface area contributed by atoms with E-state index >= 15 is 0 Å². The second kappa shape index (κ2) is 8.68. The molecule has 0 bridgehead atoms. The van der Waals surface area contributed by atoms with Crippen LogP contribution in [0.1, 0.15) is 10.4 Å². The summed E-state index contributed by atoms with van der Waals surface area (Å²) in [5, 5.41) is -0.0516. The van der Waals surface area contributed by atoms with E-state index in [1.165, 1.54) is 43.6 Å². The number of halogens is 2. The number of aromatic nitrogens is 1. The van der Waals surface area contributed by atoms with E-state index in [4.69, 9.17) is 21.1 Å². The normalized spacial score (nSPS) is 11.1. The van der Waals surface area contributed by atoms with Crippen molar-refractivity contribution in [2.24, 2.45) is 0 Å². The number of sulfonamides is 1. The zero-order valence-electron chi connectivity index (χ0n) is 15.8. The van der Waals surface area contributed by atoms with Gasteiger partial charge >= 0.3 is 0 Å². The van der Waals surface area contributed by atoms with E-state index in [2.05, 4.69) is 4.98 Å². The molecule has 1 aromatic heterocycles. The van der Waals surface area contributed by atoms with Gasteiger partial charge in [0.15, 0.2) is 0 Å². The number of nitrogens with one attached hydrogen (secondary N) is 1. The first-order valence-electron chi connectivity index (χ1n) is 8.46. The molecule has 30 heavy (non-hydrogen) atoms. The number of nitrogens with zero attached hydrogens (tertiary/aromatic N) is 1. The Kier molecular flexibility index (Phi) is 6.23. The first-order valence-corrected chi connectivity index (χ1v) is 10.7. The Bertz CT molecular complexity index is 1220. The molecule has 2 aromatic carbocycles. The highest BCUT2D eigenvalue weighted by molar-refractivity contribution is 7.89. The van der Waals surface area contributed by atoms with Crippen LogP contribution >= 0.6 is 11.6 Å². The van der Waals surface area contributed by atoms with Gasteiger partial charge in [0, 0.05) is 29.0 Å². The first-order chi connectivity index (χ1) is 14.2. The fourth-order valence-electron chi connectivity index (χ4n) is 2.62. The molecule has 1 heterocycles. The summed E-state index contributed by atoms with van der Waals surface area (Å²) in [5.74, 6) is -0.775. The number of carbonyl (C=O) groups excluding carboxylic acids is 1. The molecular weight excluding hydrogens is 435 g/mol. The number of carbonyl (C=O) groups is 1. The monoisotopic (exact) mass is 450 g/mol. The van der Waals surface area contributed by atoms with Crippen molar-refractivity contribution in [3.05, 3.63) is 71.1 Å². The van der Waals surface area contributed by atoms with Crippen LogP contribution in [0.4, 0.5) is 4.39 Å². The number of hydrogen-bond acceptors (Lipinski definition) is 6. The van der Waals surface area contributed by atoms with Crippen LogP contribution in [-0.2, 0) is 10.0 Å². The highest BCUT2D eigenvalue weighted by Crippen LogP contribution is 2.38. The van der Waals surface area contributed by atoms with Crippen molar-refractivity contribution in [2.75, 3.05) is 13.4 Å². The van der Waals surface area contributed by atoms with Crippen molar-refractivity contribution < 1.29 is 27.1 Å². The van der Waals surface area contributed by atoms with E-state index in [-0.39, 0.29) is 28.0 Å². The summed E-state index contributed by atoms with van der Waals surface area (Å²) in [7, 11) is -2.32. The van der Waals surface area contributed by atoms with E-state index in [0.717, 1.165) is 12.3 Å². The van der Waals surface area contributed by atoms with E-state index in [1.807, 2.05) is 4.72 Å². The van der Waals surface area contributed by atoms with Gasteiger partial charge in [-0.2, -0.15) is 0 Å². The van der Waals surface area contributed by atoms with Gasteiger partial charge in [-0.3, -0.25) is 4.79 Å². The van der Waals surface area contributed by atoms with Crippen molar-refractivity contribution in [3.63, 3.8) is 0 Å². The van der Waals surface area contributed by atoms with Crippen molar-refractivity contribution in [1.29, 1.82) is 0 Å². The Morgan fingerprint density at radius 3 is 2.57 bits per heavy atom. The molecule has 156 valence electrons. The molecule has 10 heteroatoms. The van der Waals surface area contributed by atoms with Crippen LogP contribution in [0, 0.1) is 5.82 Å². The Balaban J connectivity index is 2.11. The lowest BCUT2D eigenvalue weighted by Crippen LogP contribution is -2.29. The molecule has 0 aliphatic carbocycles. The molecule has 0 unspecified atom stereocenters. The van der Waals surface area contributed by atoms with Gasteiger partial charge in [0.05, 0.1) is 18.4 Å². The minimum Gasteiger partial charge on any atom is -0.481 e. The fourth-order valence-corrected chi connectivity index (χ4v) is 3.20. The van der Waals surface area contributed by atoms with E-state index in [9.17, 15) is 17.6 Å². The average molecular weight is 451 g/mol. The molecule has 0 fully saturated rings. The summed E-state index contributed by atoms with van der Waals surface area (Å²) >= 11 is 5.71. The lowest BCUT2D eigenvalue weighted by Gasteiger charge is -2.15. The molecule has 0 radical (unpaired) electrons. The highest BCUT2D eigenvalue weighted by Gasteiger charge is 2.18. The molecule has 0 spiro atoms. The van der Waals surface area contributed by atoms with Crippen LogP contribution in [0.3, 0.4) is 0 Å². The summed E-state index contributed by atoms with van der Waals surface area (Å²) in [4.78, 5) is 16.4. The Morgan fingerprint density at radius 2 is 1.90 bits per heavy atom. The van der Waals surface area contributed by atoms with E-state index in [1.54, 1.807) is 12.1 Å². The van der Waals surface area contributed by atoms with Gasteiger partial charge in [-0.05, 0) is 42.5 Å². The summed E-state index contributed by atoms with van der Waals surface area (Å²) in [6, 6.07) is 11.6. The third kappa shape index (κ3) is 5.05. The van der Waals surface area contributed by atoms with Gasteiger partial charge in [0.1, 0.15) is 17.3 Å². The second-order valence-corrected chi connectivity index (χ2v) is 8.31. The van der Waals surface area contributed by atoms with Crippen LogP contribution in [0.5, 0.6) is 17.4 Å². The molecule has 1 amide bonds. The number of benzene rings is 2. The van der Waals surface area contributed by atoms with Crippen LogP contribution in [0.15, 0.2) is 54.7 Å². The highest BCUT2D eigenvalue weighted by atomic mass is 35.5. The Hall–Kier alpha value is -3.17. The predicted octanol–water partition coefficient (Wildman–Crippen LogP) is 4.03. The van der Waals surface area contributed by atoms with Gasteiger partial charge < -0.3 is 9.47 Å². The Labute approximate surface area is 177 Å². The topological polar surface area (TPSA) is 94.6 Å². The molecule has 0 atom stereocenters. The number of rotatable bonds is 6. The van der Waals surface area contributed by atoms with Crippen molar-refractivity contribution in [2.45, 2.75) is 0 Å². The SMILES string of the molecule is COc1ncccc1-c1cc(C(=O)NS(C)(=O)=O)ccc1Oc1ccc(Cl)c(F)c1. The molecule has 0 aliphatic heterocycles. The largest absolute Gasteiger partial charge is 0.481 e. The fraction of sp³-hybridized carbons (Fsp3) is 0.100. The number of amides is 1. The Morgan fingerprint density at radius 1 is 1.13 bits per heavy atom. The third-order valence-electron chi connectivity index (χ3n) is 3.89. The van der Waals surface area contributed by atoms with Crippen LogP contribution in [0.25, 0.3) is 11.1 Å². The van der Waals surface area contributed by atoms with E-state index < -0.39 is 21.7 Å². The zero-order chi connectivity index (χ0) is 21.9. The van der Waals surface area contributed by atoms with Crippen molar-refractivity contribution >= 4 is 27.5 Å². The minimum atomic E-state index is -3.75. The maximum absolute atomic E-state index is 13.8. The first kappa shape index (κ1) is 21.5. The van der Waals surface area contributed by atoms with Crippen molar-refractivity contribution in [3.8, 4) is 28.5 Å². The predicted molar refractivity (Wildman–Crippen MR) is 110 cm³/mol. The number of pyridine rings is 1. The molecule has 1 N–H and O–H groups in total. The number of hydrogen-bond donors (Lipinski definition) is 1. The smallest absolute Gasteiger partial charge is 0.264 e. The standard InChI is InChI=1S/C20H16ClFN2O5S/c1-28-20-14(4-3-9-23-20)15-10-12(19(25)24-30(2,26)27)5-8-18(15)29-13-6-7-16(21)17(22)11-13/h3-11H,1-2H3,(H,24,25). The maximum Gasteiger partial charge on any atom is 0.264 e. The van der Waals surface area contributed by atoms with Crippen LogP contribution in [0.2, 0.25) is 5.02 Å². The molecule has 0 saturated heterocycles. The summed E-state index contributed by atoms with van der Waals surface area (Å²) in [6.45, 7) is 0. The average Bonchev–Trinajstić information content (AvgIpc) is 2.69. The quantitative estimate of drug-likeness (QED) is 0.609. The van der Waals surface area contributed by atoms with Gasteiger partial charge in [0.25, 0.3) is 5.91 Å². The molecule has 0 saturated carbocycles. The molecular formula is C20H16ClFN2O5S. The lowest BCUT2D eigenvalue weighted by atomic mass is 10.0. The van der Waals surface area contributed by atoms with Gasteiger partial charge in [-0.15, -0.1) is 0 Å². The maximum atomic E-state index is 13.8. The molecule has 3 rings (SSSR count). The summed E-state index contributed by atoms with van der Waals surface area (Å²) in [5.41, 5.74) is 0.936. The van der Waals surface area contributed by atoms with E-state index in [0.29, 0.717) is 11.1 Å². The molecule has 3 aromatic rings. The zero-order valence-corrected chi connectivity index (χ0v) is 17.4. The molecule has 0 aliphatic rings. The van der Waals surface area contributed by atoms with Crippen LogP contribution < -0.4 is 14.2 Å². The summed E-state index contributed by atoms with van der Waals surface area (Å²) in [6.07, 6.45) is 2.40. The third-order valence-corrected chi connectivity index (χ3v) is 4.76.